The Bertz CT molecular complexity index is 476. The second-order valence-electron chi connectivity index (χ2n) is 4.01. The summed E-state index contributed by atoms with van der Waals surface area (Å²) in [5, 5.41) is 3.34. The summed E-state index contributed by atoms with van der Waals surface area (Å²) in [4.78, 5) is 8.63. The molecule has 90 valence electrons. The Hall–Kier alpha value is -1.84. The third-order valence-corrected chi connectivity index (χ3v) is 2.69. The smallest absolute Gasteiger partial charge is 0.207 e. The van der Waals surface area contributed by atoms with Gasteiger partial charge in [-0.1, -0.05) is 13.3 Å². The summed E-state index contributed by atoms with van der Waals surface area (Å²) in [6, 6.07) is 3.99. The maximum atomic E-state index is 4.33. The van der Waals surface area contributed by atoms with Crippen LogP contribution in [0.4, 0.5) is 5.95 Å². The molecular formula is C13H18N4. The molecule has 2 heterocycles. The van der Waals surface area contributed by atoms with Crippen LogP contribution in [0.1, 0.15) is 25.5 Å². The Balaban J connectivity index is 2.22. The van der Waals surface area contributed by atoms with Crippen molar-refractivity contribution in [2.45, 2.75) is 26.7 Å². The van der Waals surface area contributed by atoms with Crippen molar-refractivity contribution in [3.05, 3.63) is 36.4 Å². The van der Waals surface area contributed by atoms with E-state index in [1.54, 1.807) is 12.4 Å². The molecule has 17 heavy (non-hydrogen) atoms. The minimum atomic E-state index is 0.884. The van der Waals surface area contributed by atoms with Crippen molar-refractivity contribution in [3.8, 4) is 5.69 Å². The predicted molar refractivity (Wildman–Crippen MR) is 69.5 cm³/mol. The minimum Gasteiger partial charge on any atom is -0.355 e. The molecule has 1 N–H and O–H groups in total. The first-order valence-corrected chi connectivity index (χ1v) is 6.02. The van der Waals surface area contributed by atoms with Crippen molar-refractivity contribution < 1.29 is 0 Å². The maximum Gasteiger partial charge on any atom is 0.207 e. The van der Waals surface area contributed by atoms with Crippen molar-refractivity contribution >= 4 is 5.95 Å². The number of aromatic nitrogens is 3. The normalized spacial score (nSPS) is 10.5. The van der Waals surface area contributed by atoms with E-state index in [0.717, 1.165) is 30.3 Å². The Kier molecular flexibility index (Phi) is 3.75. The zero-order valence-electron chi connectivity index (χ0n) is 10.3. The summed E-state index contributed by atoms with van der Waals surface area (Å²) >= 11 is 0. The van der Waals surface area contributed by atoms with Crippen LogP contribution in [0.15, 0.2) is 30.7 Å². The molecule has 0 aliphatic heterocycles. The largest absolute Gasteiger partial charge is 0.355 e. The van der Waals surface area contributed by atoms with Crippen molar-refractivity contribution in [2.24, 2.45) is 0 Å². The van der Waals surface area contributed by atoms with Gasteiger partial charge in [-0.25, -0.2) is 4.98 Å². The third kappa shape index (κ3) is 2.64. The number of pyridine rings is 1. The molecule has 0 aromatic carbocycles. The van der Waals surface area contributed by atoms with E-state index >= 15 is 0 Å². The molecule has 2 aromatic rings. The average Bonchev–Trinajstić information content (AvgIpc) is 2.78. The highest BCUT2D eigenvalue weighted by molar-refractivity contribution is 5.43. The van der Waals surface area contributed by atoms with Gasteiger partial charge in [0.1, 0.15) is 0 Å². The molecule has 0 saturated carbocycles. The number of aryl methyl sites for hydroxylation is 1. The van der Waals surface area contributed by atoms with Crippen LogP contribution in [0.2, 0.25) is 0 Å². The van der Waals surface area contributed by atoms with Crippen LogP contribution >= 0.6 is 0 Å². The number of hydrogen-bond acceptors (Lipinski definition) is 3. The highest BCUT2D eigenvalue weighted by Gasteiger charge is 2.06. The molecule has 0 saturated heterocycles. The standard InChI is InChI=1S/C13H18N4/c1-3-4-7-15-13-16-9-10-17(13)12-6-5-8-14-11(12)2/h5-6,8-10H,3-4,7H2,1-2H3,(H,15,16). The van der Waals surface area contributed by atoms with E-state index < -0.39 is 0 Å². The molecule has 4 heteroatoms. The van der Waals surface area contributed by atoms with E-state index in [1.807, 2.05) is 23.8 Å². The molecule has 0 aliphatic rings. The SMILES string of the molecule is CCCCNc1nccn1-c1cccnc1C. The summed E-state index contributed by atoms with van der Waals surface area (Å²) in [6.07, 6.45) is 7.90. The predicted octanol–water partition coefficient (Wildman–Crippen LogP) is 2.79. The second kappa shape index (κ2) is 5.48. The Labute approximate surface area is 102 Å². The van der Waals surface area contributed by atoms with Crippen molar-refractivity contribution in [1.82, 2.24) is 14.5 Å². The van der Waals surface area contributed by atoms with Crippen LogP contribution in [-0.4, -0.2) is 21.1 Å². The summed E-state index contributed by atoms with van der Waals surface area (Å²) in [7, 11) is 0. The molecular weight excluding hydrogens is 212 g/mol. The Morgan fingerprint density at radius 1 is 1.29 bits per heavy atom. The van der Waals surface area contributed by atoms with E-state index in [1.165, 1.54) is 6.42 Å². The van der Waals surface area contributed by atoms with Crippen molar-refractivity contribution in [1.29, 1.82) is 0 Å². The first-order chi connectivity index (χ1) is 8.33. The van der Waals surface area contributed by atoms with Crippen LogP contribution in [0.3, 0.4) is 0 Å². The van der Waals surface area contributed by atoms with E-state index in [0.29, 0.717) is 0 Å². The topological polar surface area (TPSA) is 42.7 Å². The van der Waals surface area contributed by atoms with Gasteiger partial charge in [0.25, 0.3) is 0 Å². The van der Waals surface area contributed by atoms with Gasteiger partial charge in [-0.05, 0) is 25.5 Å². The van der Waals surface area contributed by atoms with Crippen LogP contribution in [-0.2, 0) is 0 Å². The second-order valence-corrected chi connectivity index (χ2v) is 4.01. The summed E-state index contributed by atoms with van der Waals surface area (Å²) in [6.45, 7) is 5.14. The summed E-state index contributed by atoms with van der Waals surface area (Å²) in [5.41, 5.74) is 2.08. The molecule has 0 unspecified atom stereocenters. The van der Waals surface area contributed by atoms with Gasteiger partial charge >= 0.3 is 0 Å². The lowest BCUT2D eigenvalue weighted by atomic mass is 10.3. The lowest BCUT2D eigenvalue weighted by Crippen LogP contribution is -2.08. The first-order valence-electron chi connectivity index (χ1n) is 6.02. The Morgan fingerprint density at radius 3 is 2.94 bits per heavy atom. The van der Waals surface area contributed by atoms with Gasteiger partial charge in [0.05, 0.1) is 11.4 Å². The molecule has 2 aromatic heterocycles. The maximum absolute atomic E-state index is 4.33. The fourth-order valence-corrected chi connectivity index (χ4v) is 1.74. The van der Waals surface area contributed by atoms with Crippen LogP contribution in [0.25, 0.3) is 5.69 Å². The van der Waals surface area contributed by atoms with E-state index in [9.17, 15) is 0 Å². The fraction of sp³-hybridized carbons (Fsp3) is 0.385. The Morgan fingerprint density at radius 2 is 2.18 bits per heavy atom. The lowest BCUT2D eigenvalue weighted by molar-refractivity contribution is 0.822. The van der Waals surface area contributed by atoms with Crippen LogP contribution < -0.4 is 5.32 Å². The van der Waals surface area contributed by atoms with Crippen LogP contribution in [0, 0.1) is 6.92 Å². The average molecular weight is 230 g/mol. The summed E-state index contributed by atoms with van der Waals surface area (Å²) in [5.74, 6) is 0.884. The van der Waals surface area contributed by atoms with Gasteiger partial charge in [0, 0.05) is 25.1 Å². The monoisotopic (exact) mass is 230 g/mol. The van der Waals surface area contributed by atoms with Crippen molar-refractivity contribution in [2.75, 3.05) is 11.9 Å². The fourth-order valence-electron chi connectivity index (χ4n) is 1.74. The minimum absolute atomic E-state index is 0.884. The highest BCUT2D eigenvalue weighted by Crippen LogP contribution is 2.16. The van der Waals surface area contributed by atoms with E-state index in [-0.39, 0.29) is 0 Å². The van der Waals surface area contributed by atoms with Gasteiger partial charge in [0.2, 0.25) is 5.95 Å². The zero-order chi connectivity index (χ0) is 12.1. The lowest BCUT2D eigenvalue weighted by Gasteiger charge is -2.10. The van der Waals surface area contributed by atoms with Gasteiger partial charge in [-0.3, -0.25) is 9.55 Å². The molecule has 0 bridgehead atoms. The highest BCUT2D eigenvalue weighted by atomic mass is 15.2. The van der Waals surface area contributed by atoms with Gasteiger partial charge in [-0.2, -0.15) is 0 Å². The number of rotatable bonds is 5. The number of unbranched alkanes of at least 4 members (excludes halogenated alkanes) is 1. The molecule has 0 radical (unpaired) electrons. The zero-order valence-corrected chi connectivity index (χ0v) is 10.3. The van der Waals surface area contributed by atoms with Gasteiger partial charge in [-0.15, -0.1) is 0 Å². The van der Waals surface area contributed by atoms with E-state index in [2.05, 4.69) is 28.3 Å². The number of hydrogen-bond donors (Lipinski definition) is 1. The van der Waals surface area contributed by atoms with Crippen LogP contribution in [0.5, 0.6) is 0 Å². The van der Waals surface area contributed by atoms with Crippen molar-refractivity contribution in [3.63, 3.8) is 0 Å². The van der Waals surface area contributed by atoms with Gasteiger partial charge < -0.3 is 5.32 Å². The summed E-state index contributed by atoms with van der Waals surface area (Å²) < 4.78 is 2.04. The number of nitrogens with one attached hydrogen (secondary N) is 1. The molecule has 2 rings (SSSR count). The molecule has 0 atom stereocenters. The molecule has 4 nitrogen and oxygen atoms in total. The van der Waals surface area contributed by atoms with Gasteiger partial charge in [0.15, 0.2) is 0 Å². The number of imidazole rings is 1. The molecule has 0 amide bonds. The third-order valence-electron chi connectivity index (χ3n) is 2.69. The first kappa shape index (κ1) is 11.6. The van der Waals surface area contributed by atoms with E-state index in [4.69, 9.17) is 0 Å². The number of nitrogens with zero attached hydrogens (tertiary/aromatic N) is 3. The molecule has 0 aliphatic carbocycles. The molecule has 0 spiro atoms. The number of anilines is 1. The molecule has 0 fully saturated rings. The quantitative estimate of drug-likeness (QED) is 0.803.